The van der Waals surface area contributed by atoms with Crippen molar-refractivity contribution in [1.82, 2.24) is 15.5 Å². The summed E-state index contributed by atoms with van der Waals surface area (Å²) in [7, 11) is 3.60. The second-order valence-corrected chi connectivity index (χ2v) is 7.64. The number of likely N-dealkylation sites (tertiary alicyclic amines) is 1. The van der Waals surface area contributed by atoms with Crippen molar-refractivity contribution in [3.63, 3.8) is 0 Å². The van der Waals surface area contributed by atoms with Crippen molar-refractivity contribution in [2.75, 3.05) is 46.9 Å². The molecule has 1 heterocycles. The molecular formula is C18H38N4O. The molecule has 136 valence electrons. The minimum absolute atomic E-state index is 0.119. The van der Waals surface area contributed by atoms with Crippen LogP contribution in [0, 0.1) is 11.3 Å². The molecule has 1 atom stereocenters. The van der Waals surface area contributed by atoms with Gasteiger partial charge in [-0.1, -0.05) is 27.7 Å². The molecule has 0 spiro atoms. The first kappa shape index (κ1) is 20.2. The number of nitrogens with zero attached hydrogens (tertiary/aromatic N) is 2. The van der Waals surface area contributed by atoms with Crippen LogP contribution in [0.15, 0.2) is 4.99 Å². The average Bonchev–Trinajstić information content (AvgIpc) is 2.53. The summed E-state index contributed by atoms with van der Waals surface area (Å²) in [6.45, 7) is 14.3. The van der Waals surface area contributed by atoms with Crippen LogP contribution in [0.4, 0.5) is 0 Å². The van der Waals surface area contributed by atoms with E-state index in [2.05, 4.69) is 48.2 Å². The van der Waals surface area contributed by atoms with E-state index >= 15 is 0 Å². The van der Waals surface area contributed by atoms with E-state index in [0.717, 1.165) is 25.0 Å². The van der Waals surface area contributed by atoms with Gasteiger partial charge in [0.15, 0.2) is 5.96 Å². The monoisotopic (exact) mass is 326 g/mol. The third-order valence-corrected chi connectivity index (χ3v) is 4.93. The van der Waals surface area contributed by atoms with Crippen LogP contribution in [0.25, 0.3) is 0 Å². The topological polar surface area (TPSA) is 48.9 Å². The van der Waals surface area contributed by atoms with E-state index in [1.165, 1.54) is 38.9 Å². The quantitative estimate of drug-likeness (QED) is 0.557. The van der Waals surface area contributed by atoms with Crippen molar-refractivity contribution >= 4 is 5.96 Å². The van der Waals surface area contributed by atoms with E-state index in [4.69, 9.17) is 4.74 Å². The number of aliphatic imine (C=N–C) groups is 1. The lowest BCUT2D eigenvalue weighted by atomic mass is 9.89. The summed E-state index contributed by atoms with van der Waals surface area (Å²) in [6.07, 6.45) is 4.05. The van der Waals surface area contributed by atoms with Crippen LogP contribution < -0.4 is 10.6 Å². The van der Waals surface area contributed by atoms with Gasteiger partial charge in [-0.25, -0.2) is 0 Å². The predicted octanol–water partition coefficient (Wildman–Crippen LogP) is 2.33. The third-order valence-electron chi connectivity index (χ3n) is 4.93. The van der Waals surface area contributed by atoms with Gasteiger partial charge in [-0.2, -0.15) is 0 Å². The fraction of sp³-hybridized carbons (Fsp3) is 0.944. The van der Waals surface area contributed by atoms with Gasteiger partial charge in [0, 0.05) is 27.2 Å². The maximum absolute atomic E-state index is 5.58. The normalized spacial score (nSPS) is 19.7. The smallest absolute Gasteiger partial charge is 0.191 e. The lowest BCUT2D eigenvalue weighted by molar-refractivity contribution is 0.0205. The Morgan fingerprint density at radius 3 is 2.39 bits per heavy atom. The zero-order chi connectivity index (χ0) is 17.3. The summed E-state index contributed by atoms with van der Waals surface area (Å²) in [4.78, 5) is 6.86. The predicted molar refractivity (Wildman–Crippen MR) is 99.1 cm³/mol. The van der Waals surface area contributed by atoms with Crippen molar-refractivity contribution in [2.45, 2.75) is 53.1 Å². The molecule has 2 N–H and O–H groups in total. The number of hydrogen-bond donors (Lipinski definition) is 2. The summed E-state index contributed by atoms with van der Waals surface area (Å²) in [6, 6.07) is 0. The molecule has 23 heavy (non-hydrogen) atoms. The molecule has 1 fully saturated rings. The van der Waals surface area contributed by atoms with E-state index in [1.54, 1.807) is 7.11 Å². The zero-order valence-electron chi connectivity index (χ0n) is 16.1. The molecule has 1 rings (SSSR count). The molecule has 0 amide bonds. The molecule has 5 heteroatoms. The van der Waals surface area contributed by atoms with E-state index in [0.29, 0.717) is 0 Å². The van der Waals surface area contributed by atoms with Gasteiger partial charge in [-0.05, 0) is 50.2 Å². The minimum atomic E-state index is 0.119. The fourth-order valence-electron chi connectivity index (χ4n) is 3.14. The molecule has 0 bridgehead atoms. The summed E-state index contributed by atoms with van der Waals surface area (Å²) in [5.74, 6) is 1.73. The van der Waals surface area contributed by atoms with E-state index < -0.39 is 0 Å². The van der Waals surface area contributed by atoms with Crippen LogP contribution in [0.1, 0.15) is 47.0 Å². The van der Waals surface area contributed by atoms with Crippen LogP contribution in [-0.2, 0) is 4.74 Å². The lowest BCUT2D eigenvalue weighted by Gasteiger charge is -2.31. The molecule has 0 aliphatic carbocycles. The molecule has 1 unspecified atom stereocenters. The Balaban J connectivity index is 2.24. The lowest BCUT2D eigenvalue weighted by Crippen LogP contribution is -2.45. The number of nitrogens with one attached hydrogen (secondary N) is 2. The highest BCUT2D eigenvalue weighted by Crippen LogP contribution is 2.21. The molecule has 0 radical (unpaired) electrons. The first-order valence-electron chi connectivity index (χ1n) is 9.10. The van der Waals surface area contributed by atoms with E-state index in [1.807, 2.05) is 7.05 Å². The molecule has 5 nitrogen and oxygen atoms in total. The van der Waals surface area contributed by atoms with Crippen LogP contribution in [0.3, 0.4) is 0 Å². The van der Waals surface area contributed by atoms with Gasteiger partial charge in [0.2, 0.25) is 0 Å². The molecular weight excluding hydrogens is 288 g/mol. The average molecular weight is 327 g/mol. The minimum Gasteiger partial charge on any atom is -0.379 e. The fourth-order valence-corrected chi connectivity index (χ4v) is 3.14. The third kappa shape index (κ3) is 7.53. The number of piperidine rings is 1. The zero-order valence-corrected chi connectivity index (χ0v) is 16.1. The standard InChI is InChI=1S/C18H38N4O/c1-7-22-12-9-15(10-13-22)8-11-20-17(19-5)21-14-16(23-6)18(2,3)4/h15-16H,7-14H2,1-6H3,(H2,19,20,21). The first-order valence-corrected chi connectivity index (χ1v) is 9.10. The van der Waals surface area contributed by atoms with E-state index in [9.17, 15) is 0 Å². The molecule has 0 aromatic heterocycles. The van der Waals surface area contributed by atoms with Crippen molar-refractivity contribution in [1.29, 1.82) is 0 Å². The van der Waals surface area contributed by atoms with Gasteiger partial charge < -0.3 is 20.3 Å². The Kier molecular flexibility index (Phi) is 8.92. The summed E-state index contributed by atoms with van der Waals surface area (Å²) in [5, 5.41) is 6.83. The van der Waals surface area contributed by atoms with Crippen LogP contribution in [-0.4, -0.2) is 63.8 Å². The number of guanidine groups is 1. The van der Waals surface area contributed by atoms with Gasteiger partial charge >= 0.3 is 0 Å². The molecule has 1 aliphatic rings. The highest BCUT2D eigenvalue weighted by Gasteiger charge is 2.24. The van der Waals surface area contributed by atoms with Crippen LogP contribution in [0.5, 0.6) is 0 Å². The van der Waals surface area contributed by atoms with Crippen LogP contribution in [0.2, 0.25) is 0 Å². The van der Waals surface area contributed by atoms with Crippen molar-refractivity contribution in [3.05, 3.63) is 0 Å². The van der Waals surface area contributed by atoms with Gasteiger partial charge in [-0.3, -0.25) is 4.99 Å². The van der Waals surface area contributed by atoms with Gasteiger partial charge in [0.1, 0.15) is 0 Å². The Morgan fingerprint density at radius 1 is 1.26 bits per heavy atom. The molecule has 0 saturated carbocycles. The number of ether oxygens (including phenoxy) is 1. The summed E-state index contributed by atoms with van der Waals surface area (Å²) in [5.41, 5.74) is 0.119. The second kappa shape index (κ2) is 10.1. The van der Waals surface area contributed by atoms with Gasteiger partial charge in [-0.15, -0.1) is 0 Å². The van der Waals surface area contributed by atoms with Gasteiger partial charge in [0.05, 0.1) is 6.10 Å². The summed E-state index contributed by atoms with van der Waals surface area (Å²) >= 11 is 0. The first-order chi connectivity index (χ1) is 10.9. The Hall–Kier alpha value is -0.810. The summed E-state index contributed by atoms with van der Waals surface area (Å²) < 4.78 is 5.58. The Labute approximate surface area is 143 Å². The van der Waals surface area contributed by atoms with Crippen molar-refractivity contribution in [3.8, 4) is 0 Å². The highest BCUT2D eigenvalue weighted by molar-refractivity contribution is 5.79. The number of methoxy groups -OCH3 is 1. The maximum Gasteiger partial charge on any atom is 0.191 e. The molecule has 1 aliphatic heterocycles. The molecule has 0 aromatic rings. The molecule has 0 aromatic carbocycles. The van der Waals surface area contributed by atoms with Crippen molar-refractivity contribution in [2.24, 2.45) is 16.3 Å². The Bertz CT molecular complexity index is 343. The SMILES string of the molecule is CCN1CCC(CCNC(=NC)NCC(OC)C(C)(C)C)CC1. The highest BCUT2D eigenvalue weighted by atomic mass is 16.5. The maximum atomic E-state index is 5.58. The second-order valence-electron chi connectivity index (χ2n) is 7.64. The number of hydrogen-bond acceptors (Lipinski definition) is 3. The Morgan fingerprint density at radius 2 is 1.91 bits per heavy atom. The number of rotatable bonds is 7. The largest absolute Gasteiger partial charge is 0.379 e. The van der Waals surface area contributed by atoms with Crippen LogP contribution >= 0.6 is 0 Å². The van der Waals surface area contributed by atoms with Crippen molar-refractivity contribution < 1.29 is 4.74 Å². The van der Waals surface area contributed by atoms with E-state index in [-0.39, 0.29) is 11.5 Å². The van der Waals surface area contributed by atoms with Gasteiger partial charge in [0.25, 0.3) is 0 Å². The molecule has 1 saturated heterocycles.